The number of nitrogens with one attached hydrogen (secondary N) is 8. The maximum absolute atomic E-state index is 14.5. The van der Waals surface area contributed by atoms with Crippen LogP contribution in [0.5, 0.6) is 5.75 Å². The first-order valence-corrected chi connectivity index (χ1v) is 21.7. The van der Waals surface area contributed by atoms with Crippen LogP contribution in [0.15, 0.2) is 23.2 Å². The van der Waals surface area contributed by atoms with Gasteiger partial charge in [0, 0.05) is 47.6 Å². The van der Waals surface area contributed by atoms with Crippen molar-refractivity contribution >= 4 is 75.2 Å². The molecular weight excluding hydrogens is 833 g/mol. The highest BCUT2D eigenvalue weighted by molar-refractivity contribution is 7.91. The van der Waals surface area contributed by atoms with E-state index in [0.717, 1.165) is 4.90 Å². The molecule has 1 aromatic carbocycles. The molecule has 10 unspecified atom stereocenters. The number of carbonyl (C=O) groups is 9. The minimum Gasteiger partial charge on any atom is -0.610 e. The van der Waals surface area contributed by atoms with Gasteiger partial charge in [-0.1, -0.05) is 40.5 Å². The first-order valence-electron chi connectivity index (χ1n) is 20.4. The van der Waals surface area contributed by atoms with Gasteiger partial charge < -0.3 is 67.6 Å². The fourth-order valence-electron chi connectivity index (χ4n) is 7.58. The lowest BCUT2D eigenvalue weighted by atomic mass is 9.96. The van der Waals surface area contributed by atoms with Crippen LogP contribution < -0.4 is 43.0 Å². The standard InChI is InChI=1S/C39H54N10O12S/c1-5-17(3)31-36(58)42-13-29(53)43-26-16-62(61)38-22(21-8-7-19(50)9-23(21)46-38)11-24(33(55)41-14-30(54)47-31)44-37(59)32(18(4)6-2)48-35(57)27-10-20(51)15-49(27)39(60)25(12-28(40)52)45-34(26)56/h7-9,17-18,20,24-27,31-32,46,50-51H,5-6,10-16H2,1-4H3,(H2,40,52)(H,41,55)(H,42,58)(H,43,53)(H,44,59)(H,45,56)(H,47,54)(H,48,57). The Balaban J connectivity index is 1.71. The highest BCUT2D eigenvalue weighted by atomic mass is 32.2. The van der Waals surface area contributed by atoms with Crippen molar-refractivity contribution in [2.45, 2.75) is 107 Å². The fourth-order valence-corrected chi connectivity index (χ4v) is 8.98. The SMILES string of the molecule is CCC(C)C1NC(=O)CNC(=O)C2Cc3c([nH]c4cc(O)ccc34)[S+]([O-])CC(NC(=O)CNC1=O)C(=O)NC(CC(N)=O)C(=O)N1CC(O)CC1C(=O)NC(C(C)CC)C(=O)N2. The van der Waals surface area contributed by atoms with Crippen molar-refractivity contribution in [3.05, 3.63) is 23.8 Å². The smallest absolute Gasteiger partial charge is 0.248 e. The first kappa shape index (κ1) is 47.1. The summed E-state index contributed by atoms with van der Waals surface area (Å²) >= 11 is -2.31. The van der Waals surface area contributed by atoms with E-state index in [1.54, 1.807) is 27.7 Å². The summed E-state index contributed by atoms with van der Waals surface area (Å²) in [5.41, 5.74) is 5.89. The molecule has 12 N–H and O–H groups in total. The van der Waals surface area contributed by atoms with Gasteiger partial charge in [-0.3, -0.25) is 43.2 Å². The van der Waals surface area contributed by atoms with Crippen molar-refractivity contribution in [1.29, 1.82) is 0 Å². The van der Waals surface area contributed by atoms with Crippen molar-refractivity contribution in [3.8, 4) is 5.75 Å². The Morgan fingerprint density at radius 2 is 1.47 bits per heavy atom. The number of fused-ring (bicyclic) bond motifs is 5. The van der Waals surface area contributed by atoms with Crippen LogP contribution in [0, 0.1) is 11.8 Å². The maximum Gasteiger partial charge on any atom is 0.248 e. The molecule has 0 spiro atoms. The van der Waals surface area contributed by atoms with E-state index in [0.29, 0.717) is 18.2 Å². The van der Waals surface area contributed by atoms with Gasteiger partial charge in [-0.25, -0.2) is 0 Å². The normalized spacial score (nSPS) is 28.5. The zero-order valence-electron chi connectivity index (χ0n) is 34.7. The topological polar surface area (TPSA) is 346 Å². The number of rotatable bonds is 6. The second kappa shape index (κ2) is 20.3. The van der Waals surface area contributed by atoms with Gasteiger partial charge in [0.25, 0.3) is 0 Å². The van der Waals surface area contributed by atoms with Crippen molar-refractivity contribution in [2.24, 2.45) is 17.6 Å². The van der Waals surface area contributed by atoms with E-state index in [1.807, 2.05) is 0 Å². The number of nitrogens with zero attached hydrogens (tertiary/aromatic N) is 1. The summed E-state index contributed by atoms with van der Waals surface area (Å²) in [6, 6.07) is -4.94. The number of carbonyl (C=O) groups excluding carboxylic acids is 9. The second-order valence-corrected chi connectivity index (χ2v) is 17.4. The van der Waals surface area contributed by atoms with Crippen molar-refractivity contribution in [2.75, 3.05) is 25.4 Å². The fraction of sp³-hybridized carbons (Fsp3) is 0.564. The highest BCUT2D eigenvalue weighted by Crippen LogP contribution is 2.31. The molecular formula is C39H54N10O12S. The van der Waals surface area contributed by atoms with Gasteiger partial charge >= 0.3 is 0 Å². The summed E-state index contributed by atoms with van der Waals surface area (Å²) in [4.78, 5) is 127. The van der Waals surface area contributed by atoms with Gasteiger partial charge in [0.05, 0.1) is 31.1 Å². The molecule has 10 atom stereocenters. The largest absolute Gasteiger partial charge is 0.610 e. The number of aromatic nitrogens is 1. The molecule has 1 saturated heterocycles. The molecule has 0 aliphatic carbocycles. The number of hydrogen-bond acceptors (Lipinski definition) is 12. The predicted octanol–water partition coefficient (Wildman–Crippen LogP) is -3.86. The number of aliphatic hydroxyl groups excluding tert-OH is 1. The minimum absolute atomic E-state index is 0.0974. The molecule has 338 valence electrons. The van der Waals surface area contributed by atoms with Crippen LogP contribution in [-0.4, -0.2) is 146 Å². The molecule has 9 amide bonds. The van der Waals surface area contributed by atoms with Gasteiger partial charge in [0.15, 0.2) is 6.04 Å². The van der Waals surface area contributed by atoms with Crippen LogP contribution in [0.2, 0.25) is 0 Å². The summed E-state index contributed by atoms with van der Waals surface area (Å²) in [7, 11) is 0. The lowest BCUT2D eigenvalue weighted by molar-refractivity contribution is -0.143. The Hall–Kier alpha value is -5.94. The maximum atomic E-state index is 14.5. The van der Waals surface area contributed by atoms with Gasteiger partial charge in [0.1, 0.15) is 41.7 Å². The van der Waals surface area contributed by atoms with E-state index >= 15 is 0 Å². The summed E-state index contributed by atoms with van der Waals surface area (Å²) in [5, 5.41) is 38.9. The number of nitrogens with two attached hydrogens (primary N) is 1. The van der Waals surface area contributed by atoms with Crippen LogP contribution in [0.3, 0.4) is 0 Å². The summed E-state index contributed by atoms with van der Waals surface area (Å²) in [6.07, 6.45) is -2.02. The lowest BCUT2D eigenvalue weighted by Crippen LogP contribution is -2.61. The van der Waals surface area contributed by atoms with E-state index in [2.05, 4.69) is 42.2 Å². The number of aliphatic hydroxyl groups is 1. The summed E-state index contributed by atoms with van der Waals surface area (Å²) in [5.74, 6) is -10.3. The molecule has 2 bridgehead atoms. The van der Waals surface area contributed by atoms with Crippen LogP contribution in [0.4, 0.5) is 0 Å². The monoisotopic (exact) mass is 886 g/mol. The number of amides is 9. The zero-order chi connectivity index (χ0) is 45.6. The van der Waals surface area contributed by atoms with Crippen LogP contribution in [0.1, 0.15) is 58.9 Å². The third kappa shape index (κ3) is 11.1. The average Bonchev–Trinajstić information content (AvgIpc) is 3.80. The molecule has 62 heavy (non-hydrogen) atoms. The Kier molecular flexibility index (Phi) is 15.4. The van der Waals surface area contributed by atoms with Crippen molar-refractivity contribution in [1.82, 2.24) is 47.1 Å². The Morgan fingerprint density at radius 1 is 0.839 bits per heavy atom. The number of aromatic amines is 1. The van der Waals surface area contributed by atoms with E-state index in [-0.39, 0.29) is 28.3 Å². The second-order valence-electron chi connectivity index (χ2n) is 15.9. The summed E-state index contributed by atoms with van der Waals surface area (Å²) in [6.45, 7) is 5.01. The molecule has 1 aromatic heterocycles. The van der Waals surface area contributed by atoms with E-state index in [9.17, 15) is 57.9 Å². The Morgan fingerprint density at radius 3 is 2.11 bits per heavy atom. The number of hydrogen-bond donors (Lipinski definition) is 11. The van der Waals surface area contributed by atoms with Crippen LogP contribution in [0.25, 0.3) is 10.9 Å². The molecule has 22 nitrogen and oxygen atoms in total. The number of aromatic hydroxyl groups is 1. The van der Waals surface area contributed by atoms with Crippen molar-refractivity contribution < 1.29 is 57.9 Å². The molecule has 3 aliphatic rings. The lowest BCUT2D eigenvalue weighted by Gasteiger charge is -2.32. The molecule has 0 saturated carbocycles. The molecule has 3 aliphatic heterocycles. The molecule has 0 radical (unpaired) electrons. The zero-order valence-corrected chi connectivity index (χ0v) is 35.5. The van der Waals surface area contributed by atoms with Crippen molar-refractivity contribution in [3.63, 3.8) is 0 Å². The number of benzene rings is 1. The molecule has 5 rings (SSSR count). The van der Waals surface area contributed by atoms with Gasteiger partial charge in [-0.15, -0.1) is 0 Å². The third-order valence-electron chi connectivity index (χ3n) is 11.4. The van der Waals surface area contributed by atoms with Gasteiger partial charge in [-0.2, -0.15) is 0 Å². The highest BCUT2D eigenvalue weighted by Gasteiger charge is 2.45. The Bertz CT molecular complexity index is 2100. The Labute approximate surface area is 359 Å². The quantitative estimate of drug-likeness (QED) is 0.124. The molecule has 23 heteroatoms. The molecule has 1 fully saturated rings. The number of H-pyrrole nitrogens is 1. The van der Waals surface area contributed by atoms with Gasteiger partial charge in [0.2, 0.25) is 58.2 Å². The van der Waals surface area contributed by atoms with Crippen LogP contribution >= 0.6 is 0 Å². The van der Waals surface area contributed by atoms with E-state index < -0.39 is 157 Å². The number of primary amides is 1. The number of phenols is 1. The number of phenolic OH excluding ortho intramolecular Hbond substituents is 1. The first-order chi connectivity index (χ1) is 29.3. The van der Waals surface area contributed by atoms with Gasteiger partial charge in [-0.05, 0) is 24.0 Å². The van der Waals surface area contributed by atoms with Crippen LogP contribution in [-0.2, 0) is 60.7 Å². The molecule has 2 aromatic rings. The third-order valence-corrected chi connectivity index (χ3v) is 12.9. The predicted molar refractivity (Wildman–Crippen MR) is 219 cm³/mol. The van der Waals surface area contributed by atoms with E-state index in [4.69, 9.17) is 5.73 Å². The average molecular weight is 887 g/mol. The van der Waals surface area contributed by atoms with E-state index in [1.165, 1.54) is 18.2 Å². The summed E-state index contributed by atoms with van der Waals surface area (Å²) < 4.78 is 14.5. The minimum atomic E-state index is -2.31. The molecule has 4 heterocycles.